The van der Waals surface area contributed by atoms with Gasteiger partial charge >= 0.3 is 6.18 Å². The van der Waals surface area contributed by atoms with Crippen LogP contribution in [0.15, 0.2) is 41.1 Å². The molecule has 0 unspecified atom stereocenters. The summed E-state index contributed by atoms with van der Waals surface area (Å²) in [5, 5.41) is 4.39. The van der Waals surface area contributed by atoms with E-state index in [0.717, 1.165) is 12.3 Å². The quantitative estimate of drug-likeness (QED) is 0.502. The molecule has 4 rings (SSSR count). The lowest BCUT2D eigenvalue weighted by molar-refractivity contribution is -0.137. The molecule has 0 N–H and O–H groups in total. The fraction of sp³-hybridized carbons (Fsp3) is 0.286. The van der Waals surface area contributed by atoms with E-state index in [1.54, 1.807) is 41.0 Å². The Hall–Kier alpha value is -2.78. The zero-order valence-electron chi connectivity index (χ0n) is 16.8. The summed E-state index contributed by atoms with van der Waals surface area (Å²) in [6, 6.07) is 7.89. The minimum atomic E-state index is -4.52. The van der Waals surface area contributed by atoms with Crippen LogP contribution < -0.4 is 4.90 Å². The molecule has 1 aliphatic heterocycles. The standard InChI is InChI=1S/C21H17Cl2F3N4O2/c1-12-17(18(28-32-12)14-4-2-3-5-15(14)22)20(31)30-8-6-29(7-9-30)19-16(23)10-13(11-27-19)21(24,25)26/h2-5,10-11H,6-9H2,1H3. The van der Waals surface area contributed by atoms with Crippen molar-refractivity contribution >= 4 is 34.9 Å². The first-order chi connectivity index (χ1) is 15.2. The van der Waals surface area contributed by atoms with Gasteiger partial charge in [0.2, 0.25) is 0 Å². The highest BCUT2D eigenvalue weighted by Gasteiger charge is 2.33. The van der Waals surface area contributed by atoms with Crippen molar-refractivity contribution in [2.45, 2.75) is 13.1 Å². The summed E-state index contributed by atoms with van der Waals surface area (Å²) in [6.45, 7) is 3.02. The number of carbonyl (C=O) groups is 1. The van der Waals surface area contributed by atoms with E-state index in [4.69, 9.17) is 27.7 Å². The molecule has 1 fully saturated rings. The van der Waals surface area contributed by atoms with E-state index < -0.39 is 11.7 Å². The van der Waals surface area contributed by atoms with Crippen molar-refractivity contribution in [3.8, 4) is 11.3 Å². The lowest BCUT2D eigenvalue weighted by atomic mass is 10.0. The van der Waals surface area contributed by atoms with E-state index >= 15 is 0 Å². The highest BCUT2D eigenvalue weighted by molar-refractivity contribution is 6.33. The van der Waals surface area contributed by atoms with Crippen LogP contribution in [0.1, 0.15) is 21.7 Å². The Morgan fingerprint density at radius 3 is 2.41 bits per heavy atom. The summed E-state index contributed by atoms with van der Waals surface area (Å²) in [5.41, 5.74) is 0.383. The average Bonchev–Trinajstić information content (AvgIpc) is 3.14. The summed E-state index contributed by atoms with van der Waals surface area (Å²) in [7, 11) is 0. The van der Waals surface area contributed by atoms with Crippen LogP contribution >= 0.6 is 23.2 Å². The second-order valence-corrected chi connectivity index (χ2v) is 8.06. The Morgan fingerprint density at radius 2 is 1.78 bits per heavy atom. The SMILES string of the molecule is Cc1onc(-c2ccccc2Cl)c1C(=O)N1CCN(c2ncc(C(F)(F)F)cc2Cl)CC1. The summed E-state index contributed by atoms with van der Waals surface area (Å²) in [5.74, 6) is 0.370. The van der Waals surface area contributed by atoms with E-state index in [1.807, 2.05) is 0 Å². The second kappa shape index (κ2) is 8.63. The van der Waals surface area contributed by atoms with Gasteiger partial charge < -0.3 is 14.3 Å². The molecule has 1 saturated heterocycles. The Labute approximate surface area is 191 Å². The number of alkyl halides is 3. The number of nitrogens with zero attached hydrogens (tertiary/aromatic N) is 4. The van der Waals surface area contributed by atoms with Crippen molar-refractivity contribution in [1.29, 1.82) is 0 Å². The van der Waals surface area contributed by atoms with Crippen molar-refractivity contribution in [3.05, 3.63) is 63.5 Å². The predicted octanol–water partition coefficient (Wildman–Crippen LogP) is 5.33. The average molecular weight is 485 g/mol. The normalized spacial score (nSPS) is 14.7. The molecule has 168 valence electrons. The van der Waals surface area contributed by atoms with Gasteiger partial charge in [-0.15, -0.1) is 0 Å². The van der Waals surface area contributed by atoms with Crippen LogP contribution in [-0.2, 0) is 6.18 Å². The maximum atomic E-state index is 13.2. The summed E-state index contributed by atoms with van der Waals surface area (Å²) in [6.07, 6.45) is -3.76. The number of amides is 1. The molecule has 32 heavy (non-hydrogen) atoms. The van der Waals surface area contributed by atoms with Gasteiger partial charge in [0, 0.05) is 37.9 Å². The highest BCUT2D eigenvalue weighted by atomic mass is 35.5. The minimum Gasteiger partial charge on any atom is -0.360 e. The molecule has 0 aliphatic carbocycles. The predicted molar refractivity (Wildman–Crippen MR) is 114 cm³/mol. The molecule has 3 heterocycles. The number of hydrogen-bond donors (Lipinski definition) is 0. The minimum absolute atomic E-state index is 0.0875. The fourth-order valence-corrected chi connectivity index (χ4v) is 4.07. The number of halogens is 5. The topological polar surface area (TPSA) is 62.5 Å². The lowest BCUT2D eigenvalue weighted by Crippen LogP contribution is -2.49. The van der Waals surface area contributed by atoms with Gasteiger partial charge in [0.25, 0.3) is 5.91 Å². The van der Waals surface area contributed by atoms with Gasteiger partial charge in [-0.05, 0) is 19.1 Å². The monoisotopic (exact) mass is 484 g/mol. The van der Waals surface area contributed by atoms with Crippen LogP contribution in [-0.4, -0.2) is 47.1 Å². The van der Waals surface area contributed by atoms with Gasteiger partial charge in [0.05, 0.1) is 15.6 Å². The molecule has 1 aliphatic rings. The van der Waals surface area contributed by atoms with Crippen LogP contribution in [0.25, 0.3) is 11.3 Å². The fourth-order valence-electron chi connectivity index (χ4n) is 3.56. The van der Waals surface area contributed by atoms with E-state index in [1.165, 1.54) is 0 Å². The van der Waals surface area contributed by atoms with Crippen molar-refractivity contribution < 1.29 is 22.5 Å². The van der Waals surface area contributed by atoms with Gasteiger partial charge in [0.15, 0.2) is 0 Å². The molecule has 11 heteroatoms. The van der Waals surface area contributed by atoms with Gasteiger partial charge in [-0.25, -0.2) is 4.98 Å². The Morgan fingerprint density at radius 1 is 1.09 bits per heavy atom. The smallest absolute Gasteiger partial charge is 0.360 e. The molecular formula is C21H17Cl2F3N4O2. The molecule has 1 amide bonds. The van der Waals surface area contributed by atoms with Crippen LogP contribution in [0.2, 0.25) is 10.0 Å². The van der Waals surface area contributed by atoms with Gasteiger partial charge in [-0.3, -0.25) is 4.79 Å². The molecule has 2 aromatic heterocycles. The number of aryl methyl sites for hydroxylation is 1. The van der Waals surface area contributed by atoms with Crippen molar-refractivity contribution in [2.75, 3.05) is 31.1 Å². The summed E-state index contributed by atoms with van der Waals surface area (Å²) < 4.78 is 43.8. The van der Waals surface area contributed by atoms with Crippen LogP contribution in [0.3, 0.4) is 0 Å². The number of piperazine rings is 1. The first kappa shape index (κ1) is 22.4. The Kier molecular flexibility index (Phi) is 6.05. The highest BCUT2D eigenvalue weighted by Crippen LogP contribution is 2.35. The number of anilines is 1. The van der Waals surface area contributed by atoms with Gasteiger partial charge in [0.1, 0.15) is 22.8 Å². The zero-order valence-corrected chi connectivity index (χ0v) is 18.3. The van der Waals surface area contributed by atoms with Crippen LogP contribution in [0.5, 0.6) is 0 Å². The van der Waals surface area contributed by atoms with E-state index in [9.17, 15) is 18.0 Å². The molecular weight excluding hydrogens is 468 g/mol. The van der Waals surface area contributed by atoms with Crippen molar-refractivity contribution in [1.82, 2.24) is 15.0 Å². The van der Waals surface area contributed by atoms with E-state index in [0.29, 0.717) is 53.8 Å². The number of carbonyl (C=O) groups excluding carboxylic acids is 1. The molecule has 0 radical (unpaired) electrons. The zero-order chi connectivity index (χ0) is 23.0. The third kappa shape index (κ3) is 4.27. The van der Waals surface area contributed by atoms with Crippen LogP contribution in [0, 0.1) is 6.92 Å². The Bertz CT molecular complexity index is 1160. The largest absolute Gasteiger partial charge is 0.417 e. The van der Waals surface area contributed by atoms with Crippen molar-refractivity contribution in [3.63, 3.8) is 0 Å². The van der Waals surface area contributed by atoms with Gasteiger partial charge in [-0.1, -0.05) is 46.6 Å². The maximum absolute atomic E-state index is 13.2. The number of aromatic nitrogens is 2. The lowest BCUT2D eigenvalue weighted by Gasteiger charge is -2.35. The summed E-state index contributed by atoms with van der Waals surface area (Å²) in [4.78, 5) is 20.5. The molecule has 1 aromatic carbocycles. The molecule has 6 nitrogen and oxygen atoms in total. The molecule has 3 aromatic rings. The maximum Gasteiger partial charge on any atom is 0.417 e. The third-order valence-corrected chi connectivity index (χ3v) is 5.83. The molecule has 0 bridgehead atoms. The van der Waals surface area contributed by atoms with E-state index in [2.05, 4.69) is 10.1 Å². The first-order valence-corrected chi connectivity index (χ1v) is 10.4. The summed E-state index contributed by atoms with van der Waals surface area (Å²) >= 11 is 12.3. The van der Waals surface area contributed by atoms with Crippen LogP contribution in [0.4, 0.5) is 19.0 Å². The first-order valence-electron chi connectivity index (χ1n) is 9.65. The van der Waals surface area contributed by atoms with Crippen molar-refractivity contribution in [2.24, 2.45) is 0 Å². The number of hydrogen-bond acceptors (Lipinski definition) is 5. The third-order valence-electron chi connectivity index (χ3n) is 5.22. The van der Waals surface area contributed by atoms with E-state index in [-0.39, 0.29) is 16.7 Å². The molecule has 0 saturated carbocycles. The Balaban J connectivity index is 1.51. The number of benzene rings is 1. The second-order valence-electron chi connectivity index (χ2n) is 7.25. The molecule has 0 spiro atoms. The molecule has 0 atom stereocenters. The number of rotatable bonds is 3. The number of pyridine rings is 1. The van der Waals surface area contributed by atoms with Gasteiger partial charge in [-0.2, -0.15) is 13.2 Å².